The Labute approximate surface area is 149 Å². The summed E-state index contributed by atoms with van der Waals surface area (Å²) in [6, 6.07) is 4.34. The van der Waals surface area contributed by atoms with Crippen LogP contribution in [0.5, 0.6) is 0 Å². The minimum absolute atomic E-state index is 0.678. The highest BCUT2D eigenvalue weighted by Gasteiger charge is 2.21. The van der Waals surface area contributed by atoms with Crippen molar-refractivity contribution in [2.45, 2.75) is 38.6 Å². The molecule has 2 aromatic heterocycles. The Hall–Kier alpha value is -1.95. The molecule has 2 aliphatic heterocycles. The molecular weight excluding hydrogens is 312 g/mol. The van der Waals surface area contributed by atoms with Gasteiger partial charge in [-0.15, -0.1) is 5.10 Å². The van der Waals surface area contributed by atoms with E-state index in [1.165, 1.54) is 37.8 Å². The molecule has 25 heavy (non-hydrogen) atoms. The van der Waals surface area contributed by atoms with Crippen molar-refractivity contribution < 1.29 is 0 Å². The minimum Gasteiger partial charge on any atom is -0.355 e. The third-order valence-corrected chi connectivity index (χ3v) is 5.40. The molecule has 2 fully saturated rings. The molecule has 0 aliphatic carbocycles. The number of aryl methyl sites for hydroxylation is 1. The van der Waals surface area contributed by atoms with Crippen molar-refractivity contribution in [2.75, 3.05) is 31.1 Å². The van der Waals surface area contributed by atoms with Crippen LogP contribution in [0.1, 0.15) is 36.9 Å². The molecule has 0 amide bonds. The standard InChI is InChI=1S/C19H28N6/c1-23-13-17(12-20-23)15-24-8-4-5-16(14-24)11-18-6-7-19(22-21-18)25-9-2-3-10-25/h6-7,12-13,16H,2-5,8-11,14-15H2,1H3. The van der Waals surface area contributed by atoms with E-state index in [0.29, 0.717) is 5.92 Å². The summed E-state index contributed by atoms with van der Waals surface area (Å²) in [6.45, 7) is 5.58. The first-order chi connectivity index (χ1) is 12.3. The van der Waals surface area contributed by atoms with Gasteiger partial charge < -0.3 is 4.90 Å². The van der Waals surface area contributed by atoms with Crippen LogP contribution in [0.25, 0.3) is 0 Å². The molecule has 0 saturated carbocycles. The zero-order valence-corrected chi connectivity index (χ0v) is 15.1. The average Bonchev–Trinajstić information content (AvgIpc) is 3.28. The molecule has 0 radical (unpaired) electrons. The predicted molar refractivity (Wildman–Crippen MR) is 98.4 cm³/mol. The van der Waals surface area contributed by atoms with Gasteiger partial charge in [0.15, 0.2) is 5.82 Å². The molecule has 4 rings (SSSR count). The number of hydrogen-bond acceptors (Lipinski definition) is 5. The second-order valence-electron chi connectivity index (χ2n) is 7.55. The Balaban J connectivity index is 1.32. The van der Waals surface area contributed by atoms with Gasteiger partial charge >= 0.3 is 0 Å². The van der Waals surface area contributed by atoms with Gasteiger partial charge in [0.25, 0.3) is 0 Å². The molecule has 2 saturated heterocycles. The highest BCUT2D eigenvalue weighted by Crippen LogP contribution is 2.22. The third-order valence-electron chi connectivity index (χ3n) is 5.40. The van der Waals surface area contributed by atoms with Gasteiger partial charge in [0.1, 0.15) is 0 Å². The fourth-order valence-electron chi connectivity index (χ4n) is 4.15. The predicted octanol–water partition coefficient (Wildman–Crippen LogP) is 2.27. The van der Waals surface area contributed by atoms with E-state index >= 15 is 0 Å². The smallest absolute Gasteiger partial charge is 0.151 e. The maximum absolute atomic E-state index is 4.51. The molecule has 2 aromatic rings. The van der Waals surface area contributed by atoms with E-state index in [1.54, 1.807) is 0 Å². The van der Waals surface area contributed by atoms with Crippen molar-refractivity contribution in [1.82, 2.24) is 24.9 Å². The van der Waals surface area contributed by atoms with Gasteiger partial charge in [-0.25, -0.2) is 0 Å². The van der Waals surface area contributed by atoms with E-state index in [0.717, 1.165) is 44.1 Å². The zero-order valence-electron chi connectivity index (χ0n) is 15.1. The second-order valence-corrected chi connectivity index (χ2v) is 7.55. The molecule has 0 aromatic carbocycles. The molecular formula is C19H28N6. The first kappa shape index (κ1) is 16.5. The van der Waals surface area contributed by atoms with Crippen molar-refractivity contribution in [1.29, 1.82) is 0 Å². The maximum atomic E-state index is 4.51. The van der Waals surface area contributed by atoms with Crippen LogP contribution in [0.15, 0.2) is 24.5 Å². The Bertz CT molecular complexity index is 673. The lowest BCUT2D eigenvalue weighted by Gasteiger charge is -2.32. The van der Waals surface area contributed by atoms with Crippen molar-refractivity contribution in [3.63, 3.8) is 0 Å². The monoisotopic (exact) mass is 340 g/mol. The highest BCUT2D eigenvalue weighted by molar-refractivity contribution is 5.38. The quantitative estimate of drug-likeness (QED) is 0.836. The number of hydrogen-bond donors (Lipinski definition) is 0. The van der Waals surface area contributed by atoms with Crippen LogP contribution in [0.3, 0.4) is 0 Å². The Morgan fingerprint density at radius 2 is 1.96 bits per heavy atom. The van der Waals surface area contributed by atoms with E-state index in [9.17, 15) is 0 Å². The van der Waals surface area contributed by atoms with Crippen LogP contribution in [0.2, 0.25) is 0 Å². The Morgan fingerprint density at radius 1 is 1.08 bits per heavy atom. The van der Waals surface area contributed by atoms with Gasteiger partial charge in [0, 0.05) is 45.0 Å². The van der Waals surface area contributed by atoms with Gasteiger partial charge in [-0.3, -0.25) is 9.58 Å². The van der Waals surface area contributed by atoms with Crippen molar-refractivity contribution in [3.8, 4) is 0 Å². The largest absolute Gasteiger partial charge is 0.355 e. The average molecular weight is 340 g/mol. The summed E-state index contributed by atoms with van der Waals surface area (Å²) < 4.78 is 1.88. The number of nitrogens with zero attached hydrogens (tertiary/aromatic N) is 6. The van der Waals surface area contributed by atoms with Crippen LogP contribution in [0, 0.1) is 5.92 Å². The Kier molecular flexibility index (Phi) is 4.97. The van der Waals surface area contributed by atoms with Crippen molar-refractivity contribution in [2.24, 2.45) is 13.0 Å². The summed E-state index contributed by atoms with van der Waals surface area (Å²) in [5.74, 6) is 1.72. The molecule has 1 atom stereocenters. The lowest BCUT2D eigenvalue weighted by atomic mass is 9.93. The number of piperidine rings is 1. The molecule has 0 spiro atoms. The van der Waals surface area contributed by atoms with E-state index < -0.39 is 0 Å². The molecule has 6 nitrogen and oxygen atoms in total. The number of rotatable bonds is 5. The van der Waals surface area contributed by atoms with Crippen molar-refractivity contribution >= 4 is 5.82 Å². The van der Waals surface area contributed by atoms with Gasteiger partial charge in [-0.05, 0) is 56.7 Å². The minimum atomic E-state index is 0.678. The van der Waals surface area contributed by atoms with Crippen LogP contribution in [-0.2, 0) is 20.0 Å². The second kappa shape index (κ2) is 7.52. The molecule has 4 heterocycles. The van der Waals surface area contributed by atoms with Gasteiger partial charge in [0.05, 0.1) is 11.9 Å². The topological polar surface area (TPSA) is 50.1 Å². The Morgan fingerprint density at radius 3 is 2.68 bits per heavy atom. The van der Waals surface area contributed by atoms with E-state index in [4.69, 9.17) is 0 Å². The normalized spacial score (nSPS) is 21.8. The fourth-order valence-corrected chi connectivity index (χ4v) is 4.15. The van der Waals surface area contributed by atoms with E-state index in [-0.39, 0.29) is 0 Å². The van der Waals surface area contributed by atoms with Gasteiger partial charge in [-0.2, -0.15) is 10.2 Å². The summed E-state index contributed by atoms with van der Waals surface area (Å²) in [7, 11) is 1.98. The number of anilines is 1. The van der Waals surface area contributed by atoms with E-state index in [2.05, 4.69) is 43.4 Å². The molecule has 2 aliphatic rings. The first-order valence-corrected chi connectivity index (χ1v) is 9.54. The van der Waals surface area contributed by atoms with Crippen LogP contribution in [-0.4, -0.2) is 51.1 Å². The fraction of sp³-hybridized carbons (Fsp3) is 0.632. The molecule has 6 heteroatoms. The highest BCUT2D eigenvalue weighted by atomic mass is 15.3. The summed E-state index contributed by atoms with van der Waals surface area (Å²) in [5, 5.41) is 13.3. The third kappa shape index (κ3) is 4.18. The maximum Gasteiger partial charge on any atom is 0.151 e. The van der Waals surface area contributed by atoms with Crippen LogP contribution < -0.4 is 4.90 Å². The summed E-state index contributed by atoms with van der Waals surface area (Å²) in [6.07, 6.45) is 10.2. The SMILES string of the molecule is Cn1cc(CN2CCCC(Cc3ccc(N4CCCC4)nn3)C2)cn1. The summed E-state index contributed by atoms with van der Waals surface area (Å²) >= 11 is 0. The van der Waals surface area contributed by atoms with Crippen molar-refractivity contribution in [3.05, 3.63) is 35.8 Å². The number of aromatic nitrogens is 4. The van der Waals surface area contributed by atoms with Crippen LogP contribution >= 0.6 is 0 Å². The van der Waals surface area contributed by atoms with E-state index in [1.807, 2.05) is 17.9 Å². The number of likely N-dealkylation sites (tertiary alicyclic amines) is 1. The lowest BCUT2D eigenvalue weighted by Crippen LogP contribution is -2.35. The lowest BCUT2D eigenvalue weighted by molar-refractivity contribution is 0.166. The zero-order chi connectivity index (χ0) is 17.1. The summed E-state index contributed by atoms with van der Waals surface area (Å²) in [4.78, 5) is 4.89. The molecule has 134 valence electrons. The van der Waals surface area contributed by atoms with Gasteiger partial charge in [-0.1, -0.05) is 0 Å². The first-order valence-electron chi connectivity index (χ1n) is 9.54. The van der Waals surface area contributed by atoms with Gasteiger partial charge in [0.2, 0.25) is 0 Å². The molecule has 1 unspecified atom stereocenters. The summed E-state index contributed by atoms with van der Waals surface area (Å²) in [5.41, 5.74) is 2.44. The van der Waals surface area contributed by atoms with Crippen LogP contribution in [0.4, 0.5) is 5.82 Å². The molecule has 0 N–H and O–H groups in total. The molecule has 0 bridgehead atoms.